The number of rotatable bonds is 3. The van der Waals surface area contributed by atoms with Crippen molar-refractivity contribution < 1.29 is 0 Å². The molecule has 96 valence electrons. The number of benzene rings is 2. The molecule has 2 aromatic carbocycles. The zero-order valence-corrected chi connectivity index (χ0v) is 11.5. The Morgan fingerprint density at radius 3 is 2.84 bits per heavy atom. The molecule has 2 N–H and O–H groups in total. The molecule has 0 saturated carbocycles. The second-order valence-corrected chi connectivity index (χ2v) is 5.19. The fraction of sp³-hybridized carbons (Fsp3) is 0.133. The number of nitrogens with zero attached hydrogens (tertiary/aromatic N) is 2. The van der Waals surface area contributed by atoms with Gasteiger partial charge in [-0.1, -0.05) is 24.3 Å². The van der Waals surface area contributed by atoms with E-state index in [2.05, 4.69) is 34.5 Å². The summed E-state index contributed by atoms with van der Waals surface area (Å²) in [6.07, 6.45) is 0. The van der Waals surface area contributed by atoms with E-state index in [-0.39, 0.29) is 0 Å². The summed E-state index contributed by atoms with van der Waals surface area (Å²) in [6, 6.07) is 16.5. The number of aromatic nitrogens is 1. The monoisotopic (exact) mass is 269 g/mol. The fourth-order valence-electron chi connectivity index (χ4n) is 2.13. The summed E-state index contributed by atoms with van der Waals surface area (Å²) in [5.74, 6) is 0. The first-order chi connectivity index (χ1) is 9.29. The third kappa shape index (κ3) is 2.20. The Hall–Kier alpha value is -1.91. The van der Waals surface area contributed by atoms with Gasteiger partial charge in [0, 0.05) is 24.7 Å². The number of anilines is 2. The summed E-state index contributed by atoms with van der Waals surface area (Å²) in [4.78, 5) is 2.17. The Bertz CT molecular complexity index is 705. The molecule has 19 heavy (non-hydrogen) atoms. The lowest BCUT2D eigenvalue weighted by Crippen LogP contribution is -2.09. The van der Waals surface area contributed by atoms with E-state index in [4.69, 9.17) is 5.73 Å². The maximum atomic E-state index is 5.70. The molecular weight excluding hydrogens is 254 g/mol. The molecule has 0 saturated heterocycles. The van der Waals surface area contributed by atoms with Crippen LogP contribution in [0.4, 0.5) is 10.7 Å². The molecular formula is C15H15N3S. The Kier molecular flexibility index (Phi) is 3.19. The third-order valence-corrected chi connectivity index (χ3v) is 4.16. The fourth-order valence-corrected chi connectivity index (χ4v) is 2.97. The normalized spacial score (nSPS) is 10.8. The summed E-state index contributed by atoms with van der Waals surface area (Å²) in [5, 5.41) is 2.35. The van der Waals surface area contributed by atoms with Crippen molar-refractivity contribution in [2.45, 2.75) is 6.54 Å². The van der Waals surface area contributed by atoms with Crippen LogP contribution in [-0.4, -0.2) is 11.4 Å². The van der Waals surface area contributed by atoms with Crippen molar-refractivity contribution in [3.8, 4) is 0 Å². The van der Waals surface area contributed by atoms with Crippen molar-refractivity contribution in [2.75, 3.05) is 11.9 Å². The maximum absolute atomic E-state index is 5.70. The van der Waals surface area contributed by atoms with Gasteiger partial charge in [0.25, 0.3) is 0 Å². The van der Waals surface area contributed by atoms with Gasteiger partial charge in [-0.15, -0.1) is 0 Å². The van der Waals surface area contributed by atoms with Crippen LogP contribution in [0.2, 0.25) is 0 Å². The number of hydrogen-bond donors (Lipinski definition) is 1. The highest BCUT2D eigenvalue weighted by Crippen LogP contribution is 2.34. The number of nitrogens with two attached hydrogens (primary N) is 1. The SMILES string of the molecule is CN(c1cccc(CN)c1)c1snc2ccccc12. The maximum Gasteiger partial charge on any atom is 0.124 e. The average molecular weight is 269 g/mol. The molecule has 0 unspecified atom stereocenters. The van der Waals surface area contributed by atoms with Crippen LogP contribution in [0.1, 0.15) is 5.56 Å². The lowest BCUT2D eigenvalue weighted by atomic mass is 10.2. The molecule has 1 heterocycles. The molecule has 0 aliphatic heterocycles. The molecule has 0 bridgehead atoms. The average Bonchev–Trinajstić information content (AvgIpc) is 2.90. The van der Waals surface area contributed by atoms with Crippen LogP contribution >= 0.6 is 11.5 Å². The van der Waals surface area contributed by atoms with E-state index in [1.165, 1.54) is 16.9 Å². The number of hydrogen-bond acceptors (Lipinski definition) is 4. The molecule has 1 aromatic heterocycles. The van der Waals surface area contributed by atoms with Crippen LogP contribution in [0.3, 0.4) is 0 Å². The van der Waals surface area contributed by atoms with Crippen molar-refractivity contribution in [2.24, 2.45) is 5.73 Å². The van der Waals surface area contributed by atoms with Gasteiger partial charge in [0.1, 0.15) is 5.00 Å². The van der Waals surface area contributed by atoms with Gasteiger partial charge in [-0.05, 0) is 41.4 Å². The highest BCUT2D eigenvalue weighted by atomic mass is 32.1. The first kappa shape index (κ1) is 12.1. The second-order valence-electron chi connectivity index (χ2n) is 4.44. The zero-order valence-electron chi connectivity index (χ0n) is 10.7. The van der Waals surface area contributed by atoms with Gasteiger partial charge in [-0.2, -0.15) is 4.37 Å². The molecule has 0 fully saturated rings. The van der Waals surface area contributed by atoms with Crippen molar-refractivity contribution >= 4 is 33.1 Å². The van der Waals surface area contributed by atoms with Crippen LogP contribution < -0.4 is 10.6 Å². The van der Waals surface area contributed by atoms with E-state index in [0.29, 0.717) is 6.54 Å². The van der Waals surface area contributed by atoms with Gasteiger partial charge >= 0.3 is 0 Å². The Morgan fingerprint density at radius 2 is 2.00 bits per heavy atom. The van der Waals surface area contributed by atoms with Crippen LogP contribution in [-0.2, 0) is 6.54 Å². The summed E-state index contributed by atoms with van der Waals surface area (Å²) >= 11 is 1.52. The van der Waals surface area contributed by atoms with E-state index < -0.39 is 0 Å². The quantitative estimate of drug-likeness (QED) is 0.791. The van der Waals surface area contributed by atoms with Gasteiger partial charge < -0.3 is 10.6 Å². The van der Waals surface area contributed by atoms with Gasteiger partial charge in [0.05, 0.1) is 5.52 Å². The smallest absolute Gasteiger partial charge is 0.124 e. The van der Waals surface area contributed by atoms with E-state index >= 15 is 0 Å². The minimum Gasteiger partial charge on any atom is -0.335 e. The first-order valence-electron chi connectivity index (χ1n) is 6.17. The van der Waals surface area contributed by atoms with Crippen molar-refractivity contribution in [3.63, 3.8) is 0 Å². The molecule has 0 spiro atoms. The van der Waals surface area contributed by atoms with Gasteiger partial charge in [-0.25, -0.2) is 0 Å². The second kappa shape index (κ2) is 4.99. The predicted octanol–water partition coefficient (Wildman–Crippen LogP) is 3.52. The minimum absolute atomic E-state index is 0.561. The van der Waals surface area contributed by atoms with Crippen LogP contribution in [0.15, 0.2) is 48.5 Å². The lowest BCUT2D eigenvalue weighted by Gasteiger charge is -2.18. The summed E-state index contributed by atoms with van der Waals surface area (Å²) in [5.41, 5.74) is 9.02. The third-order valence-electron chi connectivity index (χ3n) is 3.20. The summed E-state index contributed by atoms with van der Waals surface area (Å²) in [6.45, 7) is 0.561. The zero-order chi connectivity index (χ0) is 13.2. The van der Waals surface area contributed by atoms with E-state index in [9.17, 15) is 0 Å². The topological polar surface area (TPSA) is 42.1 Å². The highest BCUT2D eigenvalue weighted by molar-refractivity contribution is 7.12. The Balaban J connectivity index is 2.05. The highest BCUT2D eigenvalue weighted by Gasteiger charge is 2.11. The molecule has 4 heteroatoms. The van der Waals surface area contributed by atoms with Gasteiger partial charge in [-0.3, -0.25) is 0 Å². The van der Waals surface area contributed by atoms with Crippen LogP contribution in [0, 0.1) is 0 Å². The number of fused-ring (bicyclic) bond motifs is 1. The van der Waals surface area contributed by atoms with Crippen LogP contribution in [0.5, 0.6) is 0 Å². The molecule has 0 aliphatic rings. The standard InChI is InChI=1S/C15H15N3S/c1-18(12-6-4-5-11(9-12)10-16)15-13-7-2-3-8-14(13)17-19-15/h2-9H,10,16H2,1H3. The Labute approximate surface area is 116 Å². The first-order valence-corrected chi connectivity index (χ1v) is 6.94. The molecule has 0 radical (unpaired) electrons. The Morgan fingerprint density at radius 1 is 1.16 bits per heavy atom. The predicted molar refractivity (Wildman–Crippen MR) is 82.0 cm³/mol. The molecule has 0 amide bonds. The molecule has 3 aromatic rings. The van der Waals surface area contributed by atoms with E-state index in [1.54, 1.807) is 0 Å². The van der Waals surface area contributed by atoms with E-state index in [0.717, 1.165) is 21.8 Å². The van der Waals surface area contributed by atoms with E-state index in [1.807, 2.05) is 30.3 Å². The van der Waals surface area contributed by atoms with Crippen LogP contribution in [0.25, 0.3) is 10.9 Å². The molecule has 0 aliphatic carbocycles. The largest absolute Gasteiger partial charge is 0.335 e. The summed E-state index contributed by atoms with van der Waals surface area (Å²) < 4.78 is 4.48. The van der Waals surface area contributed by atoms with Crippen molar-refractivity contribution in [1.82, 2.24) is 4.37 Å². The molecule has 3 nitrogen and oxygen atoms in total. The summed E-state index contributed by atoms with van der Waals surface area (Å²) in [7, 11) is 2.07. The minimum atomic E-state index is 0.561. The lowest BCUT2D eigenvalue weighted by molar-refractivity contribution is 1.07. The molecule has 0 atom stereocenters. The van der Waals surface area contributed by atoms with Gasteiger partial charge in [0.15, 0.2) is 0 Å². The van der Waals surface area contributed by atoms with Crippen molar-refractivity contribution in [1.29, 1.82) is 0 Å². The molecule has 3 rings (SSSR count). The van der Waals surface area contributed by atoms with Gasteiger partial charge in [0.2, 0.25) is 0 Å². The van der Waals surface area contributed by atoms with Crippen molar-refractivity contribution in [3.05, 3.63) is 54.1 Å².